The van der Waals surface area contributed by atoms with Crippen LogP contribution >= 0.6 is 24.0 Å². The number of piperazine rings is 1. The maximum absolute atomic E-state index is 11.9. The quantitative estimate of drug-likeness (QED) is 0.363. The molecule has 2 rings (SSSR count). The number of carbonyl (C=O) groups excluding carboxylic acids is 1. The largest absolute Gasteiger partial charge is 0.466 e. The van der Waals surface area contributed by atoms with Crippen molar-refractivity contribution in [1.82, 2.24) is 20.4 Å². The van der Waals surface area contributed by atoms with Crippen LogP contribution in [0.4, 0.5) is 0 Å². The second-order valence-corrected chi connectivity index (χ2v) is 7.09. The van der Waals surface area contributed by atoms with Crippen LogP contribution in [-0.2, 0) is 11.3 Å². The van der Waals surface area contributed by atoms with Crippen molar-refractivity contribution in [3.63, 3.8) is 0 Å². The van der Waals surface area contributed by atoms with Crippen LogP contribution in [-0.4, -0.2) is 67.0 Å². The Labute approximate surface area is 180 Å². The summed E-state index contributed by atoms with van der Waals surface area (Å²) >= 11 is 0. The average Bonchev–Trinajstić information content (AvgIpc) is 2.89. The van der Waals surface area contributed by atoms with Gasteiger partial charge in [-0.2, -0.15) is 0 Å². The van der Waals surface area contributed by atoms with Crippen LogP contribution < -0.4 is 10.6 Å². The van der Waals surface area contributed by atoms with Crippen molar-refractivity contribution in [2.75, 3.05) is 39.3 Å². The highest BCUT2D eigenvalue weighted by atomic mass is 127. The number of halogens is 1. The molecule has 1 aromatic heterocycles. The Balaban J connectivity index is 0.00000364. The third kappa shape index (κ3) is 7.69. The van der Waals surface area contributed by atoms with Gasteiger partial charge >= 0.3 is 0 Å². The number of aliphatic imine (C=N–C) groups is 1. The van der Waals surface area contributed by atoms with Gasteiger partial charge in [0.05, 0.1) is 13.1 Å². The first-order chi connectivity index (χ1) is 12.4. The zero-order chi connectivity index (χ0) is 19.1. The highest BCUT2D eigenvalue weighted by Gasteiger charge is 2.21. The van der Waals surface area contributed by atoms with E-state index >= 15 is 0 Å². The molecule has 0 spiro atoms. The molecule has 1 amide bonds. The third-order valence-corrected chi connectivity index (χ3v) is 4.37. The zero-order valence-corrected chi connectivity index (χ0v) is 19.5. The molecule has 8 heteroatoms. The SMILES string of the molecule is CCNC(=NCc1cc(C)oc1C)N1CCN(CC(=O)NC(C)C)CC1.I. The van der Waals surface area contributed by atoms with E-state index in [2.05, 4.69) is 27.4 Å². The van der Waals surface area contributed by atoms with Crippen LogP contribution in [0.5, 0.6) is 0 Å². The van der Waals surface area contributed by atoms with Crippen molar-refractivity contribution in [3.05, 3.63) is 23.2 Å². The van der Waals surface area contributed by atoms with E-state index in [0.29, 0.717) is 13.1 Å². The molecule has 1 fully saturated rings. The topological polar surface area (TPSA) is 73.1 Å². The van der Waals surface area contributed by atoms with Crippen LogP contribution in [0.15, 0.2) is 15.5 Å². The smallest absolute Gasteiger partial charge is 0.234 e. The van der Waals surface area contributed by atoms with E-state index in [1.807, 2.05) is 33.8 Å². The van der Waals surface area contributed by atoms with Crippen LogP contribution in [0.25, 0.3) is 0 Å². The second-order valence-electron chi connectivity index (χ2n) is 7.09. The van der Waals surface area contributed by atoms with Crippen molar-refractivity contribution in [3.8, 4) is 0 Å². The van der Waals surface area contributed by atoms with Gasteiger partial charge in [0.15, 0.2) is 5.96 Å². The molecule has 0 unspecified atom stereocenters. The van der Waals surface area contributed by atoms with E-state index in [-0.39, 0.29) is 35.9 Å². The lowest BCUT2D eigenvalue weighted by atomic mass is 10.2. The number of carbonyl (C=O) groups is 1. The van der Waals surface area contributed by atoms with Gasteiger partial charge in [-0.05, 0) is 40.7 Å². The number of hydrogen-bond donors (Lipinski definition) is 2. The Bertz CT molecular complexity index is 622. The summed E-state index contributed by atoms with van der Waals surface area (Å²) in [6, 6.07) is 2.24. The van der Waals surface area contributed by atoms with E-state index < -0.39 is 0 Å². The van der Waals surface area contributed by atoms with Gasteiger partial charge < -0.3 is 20.0 Å². The van der Waals surface area contributed by atoms with Crippen LogP contribution in [0.3, 0.4) is 0 Å². The predicted molar refractivity (Wildman–Crippen MR) is 120 cm³/mol. The fourth-order valence-electron chi connectivity index (χ4n) is 3.11. The summed E-state index contributed by atoms with van der Waals surface area (Å²) in [5, 5.41) is 6.33. The van der Waals surface area contributed by atoms with Crippen molar-refractivity contribution < 1.29 is 9.21 Å². The maximum atomic E-state index is 11.9. The molecule has 2 heterocycles. The fraction of sp³-hybridized carbons (Fsp3) is 0.684. The number of hydrogen-bond acceptors (Lipinski definition) is 4. The molecule has 0 aliphatic carbocycles. The lowest BCUT2D eigenvalue weighted by Gasteiger charge is -2.36. The third-order valence-electron chi connectivity index (χ3n) is 4.37. The molecule has 0 atom stereocenters. The summed E-state index contributed by atoms with van der Waals surface area (Å²) in [4.78, 5) is 21.2. The monoisotopic (exact) mass is 491 g/mol. The lowest BCUT2D eigenvalue weighted by Crippen LogP contribution is -2.54. The van der Waals surface area contributed by atoms with Gasteiger partial charge in [0, 0.05) is 44.3 Å². The highest BCUT2D eigenvalue weighted by Crippen LogP contribution is 2.15. The summed E-state index contributed by atoms with van der Waals surface area (Å²) < 4.78 is 5.58. The molecule has 154 valence electrons. The minimum atomic E-state index is 0. The number of amides is 1. The standard InChI is InChI=1S/C19H33N5O2.HI/c1-6-20-19(21-12-17-11-15(4)26-16(17)5)24-9-7-23(8-10-24)13-18(25)22-14(2)3;/h11,14H,6-10,12-13H2,1-5H3,(H,20,21)(H,22,25);1H. The molecule has 2 N–H and O–H groups in total. The van der Waals surface area contributed by atoms with E-state index in [4.69, 9.17) is 9.41 Å². The minimum Gasteiger partial charge on any atom is -0.466 e. The van der Waals surface area contributed by atoms with E-state index in [1.165, 1.54) is 0 Å². The number of furan rings is 1. The number of guanidine groups is 1. The van der Waals surface area contributed by atoms with Gasteiger partial charge in [-0.25, -0.2) is 4.99 Å². The van der Waals surface area contributed by atoms with Crippen molar-refractivity contribution in [1.29, 1.82) is 0 Å². The van der Waals surface area contributed by atoms with Gasteiger partial charge in [0.25, 0.3) is 0 Å². The molecule has 0 aromatic carbocycles. The molecule has 27 heavy (non-hydrogen) atoms. The van der Waals surface area contributed by atoms with Crippen LogP contribution in [0.1, 0.15) is 37.9 Å². The average molecular weight is 491 g/mol. The van der Waals surface area contributed by atoms with Crippen molar-refractivity contribution in [2.45, 2.75) is 47.2 Å². The van der Waals surface area contributed by atoms with Gasteiger partial charge in [0.2, 0.25) is 5.91 Å². The highest BCUT2D eigenvalue weighted by molar-refractivity contribution is 14.0. The molecule has 1 aliphatic heterocycles. The van der Waals surface area contributed by atoms with Gasteiger partial charge in [-0.15, -0.1) is 24.0 Å². The van der Waals surface area contributed by atoms with Crippen LogP contribution in [0.2, 0.25) is 0 Å². The molecular weight excluding hydrogens is 457 g/mol. The first kappa shape index (κ1) is 23.7. The number of rotatable bonds is 6. The molecule has 1 aliphatic rings. The Morgan fingerprint density at radius 3 is 2.44 bits per heavy atom. The van der Waals surface area contributed by atoms with E-state index in [1.54, 1.807) is 0 Å². The summed E-state index contributed by atoms with van der Waals surface area (Å²) in [5.41, 5.74) is 1.13. The maximum Gasteiger partial charge on any atom is 0.234 e. The van der Waals surface area contributed by atoms with E-state index in [0.717, 1.165) is 55.8 Å². The first-order valence-corrected chi connectivity index (χ1v) is 9.50. The molecule has 1 saturated heterocycles. The Morgan fingerprint density at radius 2 is 1.93 bits per heavy atom. The minimum absolute atomic E-state index is 0. The molecule has 0 saturated carbocycles. The predicted octanol–water partition coefficient (Wildman–Crippen LogP) is 2.12. The summed E-state index contributed by atoms with van der Waals surface area (Å²) in [7, 11) is 0. The summed E-state index contributed by atoms with van der Waals surface area (Å²) in [6.45, 7) is 15.3. The number of nitrogens with zero attached hydrogens (tertiary/aromatic N) is 3. The molecule has 7 nitrogen and oxygen atoms in total. The normalized spacial score (nSPS) is 15.6. The number of aryl methyl sites for hydroxylation is 2. The fourth-order valence-corrected chi connectivity index (χ4v) is 3.11. The summed E-state index contributed by atoms with van der Waals surface area (Å²) in [6.07, 6.45) is 0. The van der Waals surface area contributed by atoms with Crippen molar-refractivity contribution in [2.24, 2.45) is 4.99 Å². The second kappa shape index (κ2) is 11.5. The molecular formula is C19H34IN5O2. The Hall–Kier alpha value is -1.29. The van der Waals surface area contributed by atoms with Crippen LogP contribution in [0, 0.1) is 13.8 Å². The van der Waals surface area contributed by atoms with E-state index in [9.17, 15) is 4.79 Å². The number of nitrogens with one attached hydrogen (secondary N) is 2. The van der Waals surface area contributed by atoms with Gasteiger partial charge in [-0.3, -0.25) is 9.69 Å². The van der Waals surface area contributed by atoms with Gasteiger partial charge in [-0.1, -0.05) is 0 Å². The Morgan fingerprint density at radius 1 is 1.26 bits per heavy atom. The Kier molecular flexibility index (Phi) is 10.1. The first-order valence-electron chi connectivity index (χ1n) is 9.50. The molecule has 0 bridgehead atoms. The van der Waals surface area contributed by atoms with Gasteiger partial charge in [0.1, 0.15) is 11.5 Å². The summed E-state index contributed by atoms with van der Waals surface area (Å²) in [5.74, 6) is 2.88. The zero-order valence-electron chi connectivity index (χ0n) is 17.2. The van der Waals surface area contributed by atoms with Crippen molar-refractivity contribution >= 4 is 35.8 Å². The molecule has 0 radical (unpaired) electrons. The molecule has 1 aromatic rings. The lowest BCUT2D eigenvalue weighted by molar-refractivity contribution is -0.123.